The molecule has 2 aliphatic carbocycles. The van der Waals surface area contributed by atoms with E-state index >= 15 is 0 Å². The van der Waals surface area contributed by atoms with Gasteiger partial charge in [0, 0.05) is 12.5 Å². The lowest BCUT2D eigenvalue weighted by Gasteiger charge is -2.31. The second-order valence-corrected chi connectivity index (χ2v) is 9.68. The number of fused-ring (bicyclic) bond motifs is 2. The lowest BCUT2D eigenvalue weighted by atomic mass is 9.83. The molecule has 8 heteroatoms. The van der Waals surface area contributed by atoms with Crippen LogP contribution >= 0.6 is 0 Å². The number of aromatic carboxylic acids is 1. The zero-order valence-electron chi connectivity index (χ0n) is 16.2. The smallest absolute Gasteiger partial charge is 0.335 e. The molecule has 0 aromatic heterocycles. The molecule has 1 aromatic carbocycles. The van der Waals surface area contributed by atoms with Crippen LogP contribution in [0, 0.1) is 17.8 Å². The van der Waals surface area contributed by atoms with Crippen LogP contribution in [0.3, 0.4) is 0 Å². The molecule has 4 atom stereocenters. The predicted molar refractivity (Wildman–Crippen MR) is 107 cm³/mol. The average Bonchev–Trinajstić information content (AvgIpc) is 3.26. The maximum atomic E-state index is 12.8. The van der Waals surface area contributed by atoms with E-state index in [4.69, 9.17) is 10.2 Å². The molecule has 2 aliphatic rings. The Balaban J connectivity index is 1.63. The number of aliphatic carboxylic acids is 1. The highest BCUT2D eigenvalue weighted by Gasteiger charge is 2.48. The number of carboxylic acid groups (broad SMARTS) is 2. The van der Waals surface area contributed by atoms with E-state index in [1.54, 1.807) is 0 Å². The summed E-state index contributed by atoms with van der Waals surface area (Å²) >= 11 is 0. The number of hydrogen-bond donors (Lipinski definition) is 3. The Bertz CT molecular complexity index is 877. The van der Waals surface area contributed by atoms with Crippen molar-refractivity contribution in [2.45, 2.75) is 55.9 Å². The summed E-state index contributed by atoms with van der Waals surface area (Å²) in [4.78, 5) is 21.6. The normalized spacial score (nSPS) is 26.2. The summed E-state index contributed by atoms with van der Waals surface area (Å²) in [7, 11) is -3.72. The second-order valence-electron chi connectivity index (χ2n) is 7.97. The van der Waals surface area contributed by atoms with Gasteiger partial charge in [0.25, 0.3) is 0 Å². The van der Waals surface area contributed by atoms with Crippen molar-refractivity contribution in [1.29, 1.82) is 0 Å². The topological polar surface area (TPSA) is 121 Å². The number of allylic oxidation sites excluding steroid dienone is 2. The Kier molecular flexibility index (Phi) is 6.74. The van der Waals surface area contributed by atoms with Crippen LogP contribution in [-0.2, 0) is 14.8 Å². The molecular weight excluding hydrogens is 394 g/mol. The lowest BCUT2D eigenvalue weighted by molar-refractivity contribution is -0.137. The first-order valence-electron chi connectivity index (χ1n) is 10.0. The van der Waals surface area contributed by atoms with Gasteiger partial charge in [0.1, 0.15) is 0 Å². The van der Waals surface area contributed by atoms with Gasteiger partial charge in [-0.05, 0) is 80.5 Å². The van der Waals surface area contributed by atoms with Crippen molar-refractivity contribution < 1.29 is 28.2 Å². The second kappa shape index (κ2) is 9.09. The quantitative estimate of drug-likeness (QED) is 0.394. The van der Waals surface area contributed by atoms with Crippen LogP contribution in [-0.4, -0.2) is 36.6 Å². The monoisotopic (exact) mass is 421 g/mol. The summed E-state index contributed by atoms with van der Waals surface area (Å²) < 4.78 is 28.6. The molecular formula is C21H27NO6S. The van der Waals surface area contributed by atoms with E-state index < -0.39 is 22.0 Å². The maximum absolute atomic E-state index is 12.8. The molecule has 29 heavy (non-hydrogen) atoms. The van der Waals surface area contributed by atoms with Crippen LogP contribution in [0.1, 0.15) is 55.3 Å². The fourth-order valence-electron chi connectivity index (χ4n) is 4.70. The van der Waals surface area contributed by atoms with E-state index in [0.29, 0.717) is 24.7 Å². The van der Waals surface area contributed by atoms with Crippen molar-refractivity contribution in [2.75, 3.05) is 0 Å². The predicted octanol–water partition coefficient (Wildman–Crippen LogP) is 3.28. The molecule has 0 saturated heterocycles. The molecule has 3 N–H and O–H groups in total. The highest BCUT2D eigenvalue weighted by Crippen LogP contribution is 2.50. The van der Waals surface area contributed by atoms with Gasteiger partial charge in [-0.25, -0.2) is 17.9 Å². The molecule has 0 aliphatic heterocycles. The molecule has 1 aromatic rings. The molecule has 3 rings (SSSR count). The van der Waals surface area contributed by atoms with Crippen molar-refractivity contribution in [3.8, 4) is 0 Å². The number of benzene rings is 1. The standard InChI is InChI=1S/C21H27NO6S/c23-19(24)6-4-2-1-3-5-18-15-7-8-16(13-15)20(18)22-29(27,28)17-11-9-14(10-12-17)21(25)26/h1,3,9-12,15-16,18,20,22H,2,4-8,13H2,(H,23,24)(H,25,26)/b3-1-/t15-,16?,18+,20+/m1/s1. The van der Waals surface area contributed by atoms with Crippen LogP contribution in [0.25, 0.3) is 0 Å². The van der Waals surface area contributed by atoms with E-state index in [-0.39, 0.29) is 28.8 Å². The fourth-order valence-corrected chi connectivity index (χ4v) is 6.06. The van der Waals surface area contributed by atoms with E-state index in [1.807, 2.05) is 6.08 Å². The van der Waals surface area contributed by atoms with Gasteiger partial charge in [-0.15, -0.1) is 0 Å². The number of nitrogens with one attached hydrogen (secondary N) is 1. The third kappa shape index (κ3) is 5.25. The maximum Gasteiger partial charge on any atom is 0.335 e. The van der Waals surface area contributed by atoms with Gasteiger partial charge in [-0.1, -0.05) is 12.2 Å². The third-order valence-electron chi connectivity index (χ3n) is 6.13. The van der Waals surface area contributed by atoms with Crippen molar-refractivity contribution >= 4 is 22.0 Å². The first-order chi connectivity index (χ1) is 13.8. The number of rotatable bonds is 10. The molecule has 158 valence electrons. The van der Waals surface area contributed by atoms with E-state index in [0.717, 1.165) is 25.7 Å². The Morgan fingerprint density at radius 3 is 2.41 bits per heavy atom. The Hall–Kier alpha value is -2.19. The number of hydrogen-bond acceptors (Lipinski definition) is 4. The first-order valence-corrected chi connectivity index (χ1v) is 11.5. The van der Waals surface area contributed by atoms with Gasteiger partial charge in [0.05, 0.1) is 10.5 Å². The van der Waals surface area contributed by atoms with E-state index in [9.17, 15) is 18.0 Å². The minimum absolute atomic E-state index is 0.0507. The number of unbranched alkanes of at least 4 members (excludes halogenated alkanes) is 1. The molecule has 2 fully saturated rings. The minimum atomic E-state index is -3.72. The largest absolute Gasteiger partial charge is 0.481 e. The van der Waals surface area contributed by atoms with Crippen LogP contribution in [0.2, 0.25) is 0 Å². The summed E-state index contributed by atoms with van der Waals surface area (Å²) in [6.45, 7) is 0. The van der Waals surface area contributed by atoms with Gasteiger partial charge < -0.3 is 10.2 Å². The van der Waals surface area contributed by atoms with Gasteiger partial charge in [0.15, 0.2) is 0 Å². The van der Waals surface area contributed by atoms with Crippen molar-refractivity contribution in [1.82, 2.24) is 4.72 Å². The molecule has 0 amide bonds. The number of carbonyl (C=O) groups is 2. The lowest BCUT2D eigenvalue weighted by Crippen LogP contribution is -2.43. The Labute approximate surface area is 170 Å². The van der Waals surface area contributed by atoms with Crippen LogP contribution in [0.5, 0.6) is 0 Å². The van der Waals surface area contributed by atoms with E-state index in [1.165, 1.54) is 24.3 Å². The molecule has 0 heterocycles. The zero-order chi connectivity index (χ0) is 21.0. The summed E-state index contributed by atoms with van der Waals surface area (Å²) in [6, 6.07) is 5.14. The summed E-state index contributed by atoms with van der Waals surface area (Å²) in [5.74, 6) is -0.815. The Morgan fingerprint density at radius 1 is 1.07 bits per heavy atom. The molecule has 1 unspecified atom stereocenters. The van der Waals surface area contributed by atoms with Gasteiger partial charge >= 0.3 is 11.9 Å². The Morgan fingerprint density at radius 2 is 1.76 bits per heavy atom. The van der Waals surface area contributed by atoms with Crippen molar-refractivity contribution in [3.05, 3.63) is 42.0 Å². The summed E-state index contributed by atoms with van der Waals surface area (Å²) in [5, 5.41) is 17.7. The third-order valence-corrected chi connectivity index (χ3v) is 7.60. The molecule has 0 spiro atoms. The van der Waals surface area contributed by atoms with Crippen molar-refractivity contribution in [3.63, 3.8) is 0 Å². The highest BCUT2D eigenvalue weighted by molar-refractivity contribution is 7.89. The highest BCUT2D eigenvalue weighted by atomic mass is 32.2. The SMILES string of the molecule is O=C(O)CCC/C=C\C[C@H]1[C@@H]2CCC(C2)[C@@H]1NS(=O)(=O)c1ccc(C(=O)O)cc1. The molecule has 2 bridgehead atoms. The van der Waals surface area contributed by atoms with E-state index in [2.05, 4.69) is 10.8 Å². The van der Waals surface area contributed by atoms with Crippen molar-refractivity contribution in [2.24, 2.45) is 17.8 Å². The minimum Gasteiger partial charge on any atom is -0.481 e. The summed E-state index contributed by atoms with van der Waals surface area (Å²) in [5.41, 5.74) is 0.0507. The van der Waals surface area contributed by atoms with Crippen LogP contribution in [0.15, 0.2) is 41.3 Å². The molecule has 7 nitrogen and oxygen atoms in total. The first kappa shape index (κ1) is 21.5. The molecule has 0 radical (unpaired) electrons. The molecule has 2 saturated carbocycles. The van der Waals surface area contributed by atoms with Crippen LogP contribution in [0.4, 0.5) is 0 Å². The van der Waals surface area contributed by atoms with Gasteiger partial charge in [-0.2, -0.15) is 0 Å². The fraction of sp³-hybridized carbons (Fsp3) is 0.524. The number of sulfonamides is 1. The number of carboxylic acids is 2. The average molecular weight is 422 g/mol. The summed E-state index contributed by atoms with van der Waals surface area (Å²) in [6.07, 6.45) is 9.46. The van der Waals surface area contributed by atoms with Gasteiger partial charge in [-0.3, -0.25) is 4.79 Å². The van der Waals surface area contributed by atoms with Gasteiger partial charge in [0.2, 0.25) is 10.0 Å². The van der Waals surface area contributed by atoms with Crippen LogP contribution < -0.4 is 4.72 Å². The zero-order valence-corrected chi connectivity index (χ0v) is 17.0.